The van der Waals surface area contributed by atoms with Crippen molar-refractivity contribution in [2.45, 2.75) is 11.8 Å². The number of hydrogen-bond acceptors (Lipinski definition) is 4. The van der Waals surface area contributed by atoms with Gasteiger partial charge in [-0.15, -0.1) is 0 Å². The first-order chi connectivity index (χ1) is 15.3. The van der Waals surface area contributed by atoms with Gasteiger partial charge in [-0.2, -0.15) is 0 Å². The predicted octanol–water partition coefficient (Wildman–Crippen LogP) is 3.58. The van der Waals surface area contributed by atoms with E-state index >= 15 is 0 Å². The molecule has 0 spiro atoms. The molecule has 0 bridgehead atoms. The Morgan fingerprint density at radius 1 is 0.969 bits per heavy atom. The molecule has 3 amide bonds. The van der Waals surface area contributed by atoms with Crippen LogP contribution in [-0.4, -0.2) is 33.4 Å². The molecule has 0 aliphatic carbocycles. The number of urea groups is 1. The van der Waals surface area contributed by atoms with E-state index in [2.05, 4.69) is 15.4 Å². The Morgan fingerprint density at radius 3 is 2.34 bits per heavy atom. The van der Waals surface area contributed by atoms with Gasteiger partial charge in [-0.1, -0.05) is 23.8 Å². The molecule has 0 aromatic heterocycles. The second kappa shape index (κ2) is 8.72. The Balaban J connectivity index is 1.45. The van der Waals surface area contributed by atoms with Crippen molar-refractivity contribution in [3.8, 4) is 0 Å². The van der Waals surface area contributed by atoms with E-state index in [9.17, 15) is 18.0 Å². The van der Waals surface area contributed by atoms with Gasteiger partial charge in [0.25, 0.3) is 15.9 Å². The normalized spacial score (nSPS) is 13.5. The number of anilines is 3. The summed E-state index contributed by atoms with van der Waals surface area (Å²) in [6.07, 6.45) is 0. The molecule has 3 N–H and O–H groups in total. The van der Waals surface area contributed by atoms with E-state index in [0.29, 0.717) is 35.7 Å². The fourth-order valence-electron chi connectivity index (χ4n) is 3.29. The molecular weight excluding hydrogens is 428 g/mol. The predicted molar refractivity (Wildman–Crippen MR) is 124 cm³/mol. The molecule has 3 aromatic carbocycles. The highest BCUT2D eigenvalue weighted by atomic mass is 32.2. The van der Waals surface area contributed by atoms with Crippen molar-refractivity contribution in [2.24, 2.45) is 0 Å². The molecule has 8 nitrogen and oxygen atoms in total. The smallest absolute Gasteiger partial charge is 0.321 e. The number of sulfonamides is 1. The molecule has 1 fully saturated rings. The fourth-order valence-corrected chi connectivity index (χ4v) is 4.35. The minimum atomic E-state index is -3.77. The van der Waals surface area contributed by atoms with Gasteiger partial charge >= 0.3 is 6.03 Å². The molecule has 0 atom stereocenters. The van der Waals surface area contributed by atoms with Crippen LogP contribution in [0.15, 0.2) is 77.7 Å². The van der Waals surface area contributed by atoms with Gasteiger partial charge in [-0.25, -0.2) is 13.2 Å². The number of carbonyl (C=O) groups is 2. The second-order valence-electron chi connectivity index (χ2n) is 7.38. The highest BCUT2D eigenvalue weighted by molar-refractivity contribution is 7.92. The summed E-state index contributed by atoms with van der Waals surface area (Å²) < 4.78 is 27.7. The van der Waals surface area contributed by atoms with Crippen LogP contribution in [0.2, 0.25) is 0 Å². The lowest BCUT2D eigenvalue weighted by atomic mass is 10.2. The summed E-state index contributed by atoms with van der Waals surface area (Å²) in [5.41, 5.74) is 3.01. The molecule has 9 heteroatoms. The maximum atomic E-state index is 12.6. The number of nitrogens with zero attached hydrogens (tertiary/aromatic N) is 1. The van der Waals surface area contributed by atoms with Gasteiger partial charge in [-0.3, -0.25) is 14.4 Å². The largest absolute Gasteiger partial charge is 0.336 e. The lowest BCUT2D eigenvalue weighted by molar-refractivity contribution is 0.102. The van der Waals surface area contributed by atoms with Crippen molar-refractivity contribution >= 4 is 39.0 Å². The van der Waals surface area contributed by atoms with E-state index in [4.69, 9.17) is 0 Å². The van der Waals surface area contributed by atoms with Crippen LogP contribution in [0.25, 0.3) is 0 Å². The van der Waals surface area contributed by atoms with E-state index in [1.165, 1.54) is 24.3 Å². The molecule has 1 aliphatic heterocycles. The fraction of sp³-hybridized carbons (Fsp3) is 0.130. The first-order valence-corrected chi connectivity index (χ1v) is 11.5. The van der Waals surface area contributed by atoms with Crippen LogP contribution in [-0.2, 0) is 10.0 Å². The third-order valence-corrected chi connectivity index (χ3v) is 6.40. The SMILES string of the molecule is Cc1ccc(NS(=O)(=O)c2ccc(C(=O)Nc3cccc(N4CCNC4=O)c3)cc2)cc1. The Morgan fingerprint density at radius 2 is 1.69 bits per heavy atom. The first kappa shape index (κ1) is 21.4. The van der Waals surface area contributed by atoms with Gasteiger partial charge in [-0.05, 0) is 61.5 Å². The van der Waals surface area contributed by atoms with E-state index in [1.807, 2.05) is 19.1 Å². The summed E-state index contributed by atoms with van der Waals surface area (Å²) >= 11 is 0. The number of rotatable bonds is 6. The summed E-state index contributed by atoms with van der Waals surface area (Å²) in [7, 11) is -3.77. The number of nitrogens with one attached hydrogen (secondary N) is 3. The summed E-state index contributed by atoms with van der Waals surface area (Å²) in [6, 6.07) is 19.5. The number of aryl methyl sites for hydroxylation is 1. The zero-order valence-electron chi connectivity index (χ0n) is 17.3. The number of carbonyl (C=O) groups excluding carboxylic acids is 2. The lowest BCUT2D eigenvalue weighted by Gasteiger charge is -2.15. The highest BCUT2D eigenvalue weighted by Gasteiger charge is 2.21. The van der Waals surface area contributed by atoms with E-state index in [0.717, 1.165) is 5.56 Å². The van der Waals surface area contributed by atoms with Crippen LogP contribution in [0, 0.1) is 6.92 Å². The molecule has 0 saturated carbocycles. The second-order valence-corrected chi connectivity index (χ2v) is 9.07. The van der Waals surface area contributed by atoms with Crippen LogP contribution in [0.4, 0.5) is 21.9 Å². The molecule has 164 valence electrons. The quantitative estimate of drug-likeness (QED) is 0.533. The highest BCUT2D eigenvalue weighted by Crippen LogP contribution is 2.22. The molecule has 3 aromatic rings. The van der Waals surface area contributed by atoms with Gasteiger partial charge in [0, 0.05) is 35.7 Å². The maximum Gasteiger partial charge on any atom is 0.321 e. The van der Waals surface area contributed by atoms with Gasteiger partial charge in [0.2, 0.25) is 0 Å². The van der Waals surface area contributed by atoms with Gasteiger partial charge < -0.3 is 10.6 Å². The van der Waals surface area contributed by atoms with E-state index in [-0.39, 0.29) is 16.8 Å². The Kier molecular flexibility index (Phi) is 5.83. The van der Waals surface area contributed by atoms with Crippen LogP contribution in [0.3, 0.4) is 0 Å². The van der Waals surface area contributed by atoms with Crippen LogP contribution >= 0.6 is 0 Å². The maximum absolute atomic E-state index is 12.6. The molecule has 0 radical (unpaired) electrons. The third-order valence-electron chi connectivity index (χ3n) is 5.00. The molecule has 0 unspecified atom stereocenters. The minimum absolute atomic E-state index is 0.0525. The first-order valence-electron chi connectivity index (χ1n) is 9.98. The van der Waals surface area contributed by atoms with Crippen LogP contribution < -0.4 is 20.3 Å². The van der Waals surface area contributed by atoms with Crippen molar-refractivity contribution in [1.82, 2.24) is 5.32 Å². The number of benzene rings is 3. The van der Waals surface area contributed by atoms with Crippen LogP contribution in [0.5, 0.6) is 0 Å². The monoisotopic (exact) mass is 450 g/mol. The summed E-state index contributed by atoms with van der Waals surface area (Å²) in [4.78, 5) is 26.1. The van der Waals surface area contributed by atoms with Crippen molar-refractivity contribution in [2.75, 3.05) is 28.0 Å². The Bertz CT molecular complexity index is 1260. The molecule has 1 aliphatic rings. The van der Waals surface area contributed by atoms with Crippen molar-refractivity contribution in [3.63, 3.8) is 0 Å². The molecule has 4 rings (SSSR count). The number of amides is 3. The van der Waals surface area contributed by atoms with Gasteiger partial charge in [0.15, 0.2) is 0 Å². The summed E-state index contributed by atoms with van der Waals surface area (Å²) in [5, 5.41) is 5.51. The average molecular weight is 451 g/mol. The van der Waals surface area contributed by atoms with Gasteiger partial charge in [0.1, 0.15) is 0 Å². The third kappa shape index (κ3) is 4.73. The van der Waals surface area contributed by atoms with E-state index in [1.54, 1.807) is 41.3 Å². The van der Waals surface area contributed by atoms with Crippen molar-refractivity contribution in [3.05, 3.63) is 83.9 Å². The van der Waals surface area contributed by atoms with Crippen LogP contribution in [0.1, 0.15) is 15.9 Å². The molecule has 1 saturated heterocycles. The number of hydrogen-bond donors (Lipinski definition) is 3. The van der Waals surface area contributed by atoms with Crippen molar-refractivity contribution in [1.29, 1.82) is 0 Å². The van der Waals surface area contributed by atoms with Gasteiger partial charge in [0.05, 0.1) is 4.90 Å². The zero-order chi connectivity index (χ0) is 22.7. The van der Waals surface area contributed by atoms with Crippen molar-refractivity contribution < 1.29 is 18.0 Å². The summed E-state index contributed by atoms with van der Waals surface area (Å²) in [6.45, 7) is 3.05. The molecule has 32 heavy (non-hydrogen) atoms. The Labute approximate surface area is 186 Å². The molecule has 1 heterocycles. The Hall–Kier alpha value is -3.85. The topological polar surface area (TPSA) is 108 Å². The van der Waals surface area contributed by atoms with E-state index < -0.39 is 10.0 Å². The zero-order valence-corrected chi connectivity index (χ0v) is 18.1. The minimum Gasteiger partial charge on any atom is -0.336 e. The standard InChI is InChI=1S/C23H22N4O4S/c1-16-5-9-18(10-6-16)26-32(30,31)21-11-7-17(8-12-21)22(28)25-19-3-2-4-20(15-19)27-14-13-24-23(27)29/h2-12,15,26H,13-14H2,1H3,(H,24,29)(H,25,28). The summed E-state index contributed by atoms with van der Waals surface area (Å²) in [5.74, 6) is -0.386. The lowest BCUT2D eigenvalue weighted by Crippen LogP contribution is -2.27. The molecular formula is C23H22N4O4S. The average Bonchev–Trinajstić information content (AvgIpc) is 3.21.